The van der Waals surface area contributed by atoms with Gasteiger partial charge in [-0.05, 0) is 43.5 Å². The van der Waals surface area contributed by atoms with Crippen molar-refractivity contribution in [1.82, 2.24) is 5.32 Å². The van der Waals surface area contributed by atoms with E-state index in [9.17, 15) is 5.11 Å². The molecular weight excluding hydrogens is 174 g/mol. The summed E-state index contributed by atoms with van der Waals surface area (Å²) in [5.41, 5.74) is 2.92. The summed E-state index contributed by atoms with van der Waals surface area (Å²) in [4.78, 5) is 0. The van der Waals surface area contributed by atoms with Crippen LogP contribution in [0.3, 0.4) is 0 Å². The second-order valence-corrected chi connectivity index (χ2v) is 4.21. The highest BCUT2D eigenvalue weighted by Crippen LogP contribution is 2.30. The van der Waals surface area contributed by atoms with Crippen molar-refractivity contribution in [3.63, 3.8) is 0 Å². The largest absolute Gasteiger partial charge is 0.384 e. The Labute approximate surface area is 85.0 Å². The standard InChI is InChI=1S/C12H17NO/c1-9-4-3-5-11(10(9)2)12(14)6-7-13-8-12/h3-5,13-14H,6-8H2,1-2H3. The molecule has 1 aromatic carbocycles. The SMILES string of the molecule is Cc1cccc(C2(O)CCNC2)c1C. The van der Waals surface area contributed by atoms with Gasteiger partial charge in [0.1, 0.15) is 5.60 Å². The molecule has 1 aliphatic heterocycles. The Morgan fingerprint density at radius 1 is 1.36 bits per heavy atom. The van der Waals surface area contributed by atoms with Crippen LogP contribution in [0.4, 0.5) is 0 Å². The molecule has 0 aliphatic carbocycles. The molecule has 1 heterocycles. The molecule has 0 aromatic heterocycles. The van der Waals surface area contributed by atoms with E-state index in [0.717, 1.165) is 18.5 Å². The highest BCUT2D eigenvalue weighted by molar-refractivity contribution is 5.37. The fourth-order valence-electron chi connectivity index (χ4n) is 2.16. The highest BCUT2D eigenvalue weighted by Gasteiger charge is 2.34. The monoisotopic (exact) mass is 191 g/mol. The summed E-state index contributed by atoms with van der Waals surface area (Å²) in [6.45, 7) is 5.76. The lowest BCUT2D eigenvalue weighted by Crippen LogP contribution is -2.29. The summed E-state index contributed by atoms with van der Waals surface area (Å²) < 4.78 is 0. The van der Waals surface area contributed by atoms with Gasteiger partial charge in [0.25, 0.3) is 0 Å². The van der Waals surface area contributed by atoms with Gasteiger partial charge in [0.2, 0.25) is 0 Å². The first-order chi connectivity index (χ1) is 6.63. The first kappa shape index (κ1) is 9.69. The summed E-state index contributed by atoms with van der Waals surface area (Å²) in [5, 5.41) is 13.6. The lowest BCUT2D eigenvalue weighted by Gasteiger charge is -2.24. The number of aliphatic hydroxyl groups is 1. The molecule has 2 N–H and O–H groups in total. The quantitative estimate of drug-likeness (QED) is 0.705. The van der Waals surface area contributed by atoms with E-state index in [2.05, 4.69) is 25.2 Å². The van der Waals surface area contributed by atoms with Crippen LogP contribution < -0.4 is 5.32 Å². The van der Waals surface area contributed by atoms with Crippen LogP contribution in [0, 0.1) is 13.8 Å². The van der Waals surface area contributed by atoms with Crippen molar-refractivity contribution in [2.24, 2.45) is 0 Å². The Morgan fingerprint density at radius 3 is 2.79 bits per heavy atom. The van der Waals surface area contributed by atoms with Crippen LogP contribution in [0.5, 0.6) is 0 Å². The number of hydrogen-bond donors (Lipinski definition) is 2. The molecule has 1 saturated heterocycles. The number of β-amino-alcohol motifs (C(OH)–C–C–N with tert-alkyl or cyclic N) is 1. The average molecular weight is 191 g/mol. The molecule has 2 heteroatoms. The maximum atomic E-state index is 10.4. The number of hydrogen-bond acceptors (Lipinski definition) is 2. The molecule has 1 aromatic rings. The Morgan fingerprint density at radius 2 is 2.14 bits per heavy atom. The zero-order chi connectivity index (χ0) is 10.2. The van der Waals surface area contributed by atoms with Crippen LogP contribution in [0.1, 0.15) is 23.1 Å². The molecule has 2 nitrogen and oxygen atoms in total. The van der Waals surface area contributed by atoms with Crippen molar-refractivity contribution < 1.29 is 5.11 Å². The number of benzene rings is 1. The van der Waals surface area contributed by atoms with Crippen molar-refractivity contribution >= 4 is 0 Å². The third kappa shape index (κ3) is 1.45. The minimum Gasteiger partial charge on any atom is -0.384 e. The van der Waals surface area contributed by atoms with Crippen molar-refractivity contribution in [2.45, 2.75) is 25.9 Å². The molecule has 0 amide bonds. The number of aryl methyl sites for hydroxylation is 1. The minimum absolute atomic E-state index is 0.643. The summed E-state index contributed by atoms with van der Waals surface area (Å²) in [5.74, 6) is 0. The van der Waals surface area contributed by atoms with Crippen molar-refractivity contribution in [1.29, 1.82) is 0 Å². The van der Waals surface area contributed by atoms with E-state index >= 15 is 0 Å². The van der Waals surface area contributed by atoms with E-state index in [0.29, 0.717) is 6.54 Å². The van der Waals surface area contributed by atoms with Crippen LogP contribution >= 0.6 is 0 Å². The van der Waals surface area contributed by atoms with E-state index in [4.69, 9.17) is 0 Å². The molecule has 76 valence electrons. The van der Waals surface area contributed by atoms with Gasteiger partial charge in [-0.15, -0.1) is 0 Å². The second kappa shape index (κ2) is 3.37. The van der Waals surface area contributed by atoms with E-state index in [1.807, 2.05) is 12.1 Å². The molecule has 1 fully saturated rings. The van der Waals surface area contributed by atoms with Crippen LogP contribution in [0.2, 0.25) is 0 Å². The summed E-state index contributed by atoms with van der Waals surface area (Å²) >= 11 is 0. The smallest absolute Gasteiger partial charge is 0.103 e. The molecule has 0 bridgehead atoms. The van der Waals surface area contributed by atoms with Gasteiger partial charge < -0.3 is 10.4 Å². The average Bonchev–Trinajstić information content (AvgIpc) is 2.58. The van der Waals surface area contributed by atoms with Gasteiger partial charge in [0.05, 0.1) is 0 Å². The van der Waals surface area contributed by atoms with E-state index < -0.39 is 5.60 Å². The van der Waals surface area contributed by atoms with Gasteiger partial charge in [-0.25, -0.2) is 0 Å². The van der Waals surface area contributed by atoms with E-state index in [-0.39, 0.29) is 0 Å². The van der Waals surface area contributed by atoms with Crippen molar-refractivity contribution in [3.05, 3.63) is 34.9 Å². The molecule has 14 heavy (non-hydrogen) atoms. The van der Waals surface area contributed by atoms with Gasteiger partial charge in [-0.3, -0.25) is 0 Å². The molecular formula is C12H17NO. The molecule has 0 radical (unpaired) electrons. The fourth-order valence-corrected chi connectivity index (χ4v) is 2.16. The molecule has 1 unspecified atom stereocenters. The van der Waals surface area contributed by atoms with Crippen LogP contribution in [-0.2, 0) is 5.60 Å². The van der Waals surface area contributed by atoms with Gasteiger partial charge in [0.15, 0.2) is 0 Å². The van der Waals surface area contributed by atoms with Gasteiger partial charge in [-0.2, -0.15) is 0 Å². The van der Waals surface area contributed by atoms with Gasteiger partial charge >= 0.3 is 0 Å². The predicted molar refractivity (Wildman–Crippen MR) is 57.3 cm³/mol. The summed E-state index contributed by atoms with van der Waals surface area (Å²) in [6.07, 6.45) is 0.817. The number of rotatable bonds is 1. The molecule has 1 aliphatic rings. The first-order valence-corrected chi connectivity index (χ1v) is 5.13. The molecule has 1 atom stereocenters. The highest BCUT2D eigenvalue weighted by atomic mass is 16.3. The van der Waals surface area contributed by atoms with Gasteiger partial charge in [0, 0.05) is 6.54 Å². The molecule has 0 spiro atoms. The number of nitrogens with one attached hydrogen (secondary N) is 1. The molecule has 0 saturated carbocycles. The lowest BCUT2D eigenvalue weighted by atomic mass is 9.88. The lowest BCUT2D eigenvalue weighted by molar-refractivity contribution is 0.0580. The Balaban J connectivity index is 2.45. The zero-order valence-electron chi connectivity index (χ0n) is 8.80. The van der Waals surface area contributed by atoms with Crippen LogP contribution in [-0.4, -0.2) is 18.2 Å². The fraction of sp³-hybridized carbons (Fsp3) is 0.500. The Bertz CT molecular complexity index is 340. The van der Waals surface area contributed by atoms with Crippen molar-refractivity contribution in [2.75, 3.05) is 13.1 Å². The zero-order valence-corrected chi connectivity index (χ0v) is 8.80. The normalized spacial score (nSPS) is 26.8. The molecule has 2 rings (SSSR count). The summed E-state index contributed by atoms with van der Waals surface area (Å²) in [6, 6.07) is 6.15. The van der Waals surface area contributed by atoms with Gasteiger partial charge in [-0.1, -0.05) is 18.2 Å². The second-order valence-electron chi connectivity index (χ2n) is 4.21. The third-order valence-electron chi connectivity index (χ3n) is 3.24. The maximum absolute atomic E-state index is 10.4. The first-order valence-electron chi connectivity index (χ1n) is 5.13. The minimum atomic E-state index is -0.643. The topological polar surface area (TPSA) is 32.3 Å². The summed E-state index contributed by atoms with van der Waals surface area (Å²) in [7, 11) is 0. The van der Waals surface area contributed by atoms with E-state index in [1.54, 1.807) is 0 Å². The Hall–Kier alpha value is -0.860. The van der Waals surface area contributed by atoms with Crippen molar-refractivity contribution in [3.8, 4) is 0 Å². The van der Waals surface area contributed by atoms with Crippen LogP contribution in [0.25, 0.3) is 0 Å². The predicted octanol–water partition coefficient (Wildman–Crippen LogP) is 1.48. The van der Waals surface area contributed by atoms with E-state index in [1.165, 1.54) is 11.1 Å². The van der Waals surface area contributed by atoms with Crippen LogP contribution in [0.15, 0.2) is 18.2 Å². The maximum Gasteiger partial charge on any atom is 0.103 e. The third-order valence-corrected chi connectivity index (χ3v) is 3.24. The Kier molecular flexibility index (Phi) is 2.33.